The summed E-state index contributed by atoms with van der Waals surface area (Å²) >= 11 is 1.28. The van der Waals surface area contributed by atoms with Gasteiger partial charge in [-0.05, 0) is 68.4 Å². The number of thiazole rings is 1. The lowest BCUT2D eigenvalue weighted by Gasteiger charge is -2.08. The smallest absolute Gasteiger partial charge is 0.337 e. The fourth-order valence-electron chi connectivity index (χ4n) is 3.68. The number of hydrogen-bond acceptors (Lipinski definition) is 7. The Morgan fingerprint density at radius 3 is 2.34 bits per heavy atom. The molecule has 0 atom stereocenters. The third-order valence-electron chi connectivity index (χ3n) is 5.68. The zero-order valence-corrected chi connectivity index (χ0v) is 22.8. The van der Waals surface area contributed by atoms with E-state index in [2.05, 4.69) is 9.71 Å². The number of sulfonamides is 1. The molecule has 0 saturated carbocycles. The van der Waals surface area contributed by atoms with Gasteiger partial charge in [0, 0.05) is 24.4 Å². The number of anilines is 1. The predicted molar refractivity (Wildman–Crippen MR) is 146 cm³/mol. The molecular weight excluding hydrogens is 526 g/mol. The minimum atomic E-state index is -3.76. The van der Waals surface area contributed by atoms with Crippen LogP contribution in [0.3, 0.4) is 0 Å². The lowest BCUT2D eigenvalue weighted by molar-refractivity contribution is 0.0600. The Balaban J connectivity index is 1.61. The molecule has 0 spiro atoms. The van der Waals surface area contributed by atoms with E-state index in [9.17, 15) is 18.0 Å². The lowest BCUT2D eigenvalue weighted by Crippen LogP contribution is -2.19. The Morgan fingerprint density at radius 2 is 1.68 bits per heavy atom. The van der Waals surface area contributed by atoms with Crippen LogP contribution in [0.25, 0.3) is 10.2 Å². The van der Waals surface area contributed by atoms with E-state index in [1.165, 1.54) is 54.8 Å². The maximum absolute atomic E-state index is 13.0. The number of aryl methyl sites for hydroxylation is 1. The summed E-state index contributed by atoms with van der Waals surface area (Å²) in [6.07, 6.45) is 0. The first-order valence-electron chi connectivity index (χ1n) is 11.8. The zero-order valence-electron chi connectivity index (χ0n) is 21.1. The van der Waals surface area contributed by atoms with Crippen LogP contribution in [0.4, 0.5) is 5.69 Å². The van der Waals surface area contributed by atoms with Gasteiger partial charge in [0.05, 0.1) is 34.4 Å². The molecule has 0 bridgehead atoms. The molecule has 3 aromatic carbocycles. The summed E-state index contributed by atoms with van der Waals surface area (Å²) < 4.78 is 40.8. The number of hydrogen-bond donors (Lipinski definition) is 1. The highest BCUT2D eigenvalue weighted by Crippen LogP contribution is 2.21. The fourth-order valence-corrected chi connectivity index (χ4v) is 5.84. The van der Waals surface area contributed by atoms with Crippen molar-refractivity contribution in [3.63, 3.8) is 0 Å². The molecular formula is C27H27N3O6S2. The molecule has 1 N–H and O–H groups in total. The summed E-state index contributed by atoms with van der Waals surface area (Å²) in [5, 5.41) is 0. The van der Waals surface area contributed by atoms with Crippen molar-refractivity contribution in [1.82, 2.24) is 4.57 Å². The first kappa shape index (κ1) is 27.2. The lowest BCUT2D eigenvalue weighted by atomic mass is 10.2. The summed E-state index contributed by atoms with van der Waals surface area (Å²) in [5.41, 5.74) is 2.80. The number of rotatable bonds is 9. The number of ether oxygens (including phenoxy) is 2. The van der Waals surface area contributed by atoms with Gasteiger partial charge >= 0.3 is 5.97 Å². The second kappa shape index (κ2) is 11.7. The Bertz CT molecular complexity index is 1640. The number of esters is 1. The molecule has 11 heteroatoms. The van der Waals surface area contributed by atoms with Crippen LogP contribution in [0.15, 0.2) is 76.6 Å². The van der Waals surface area contributed by atoms with Gasteiger partial charge in [-0.15, -0.1) is 0 Å². The van der Waals surface area contributed by atoms with E-state index in [1.54, 1.807) is 30.3 Å². The number of carbonyl (C=O) groups is 2. The Morgan fingerprint density at radius 1 is 1.00 bits per heavy atom. The first-order chi connectivity index (χ1) is 18.2. The van der Waals surface area contributed by atoms with Gasteiger partial charge in [-0.3, -0.25) is 9.52 Å². The van der Waals surface area contributed by atoms with Crippen LogP contribution in [-0.4, -0.2) is 45.2 Å². The Labute approximate surface area is 224 Å². The molecule has 0 saturated heterocycles. The van der Waals surface area contributed by atoms with E-state index < -0.39 is 21.9 Å². The Hall–Kier alpha value is -3.80. The molecule has 1 heterocycles. The topological polar surface area (TPSA) is 116 Å². The molecule has 198 valence electrons. The minimum Gasteiger partial charge on any atom is -0.465 e. The summed E-state index contributed by atoms with van der Waals surface area (Å²) in [5.74, 6) is -0.934. The van der Waals surface area contributed by atoms with E-state index in [0.29, 0.717) is 41.4 Å². The van der Waals surface area contributed by atoms with Crippen LogP contribution < -0.4 is 9.52 Å². The van der Waals surface area contributed by atoms with Gasteiger partial charge in [-0.2, -0.15) is 4.99 Å². The van der Waals surface area contributed by atoms with Crippen LogP contribution in [0.1, 0.15) is 33.2 Å². The number of fused-ring (bicyclic) bond motifs is 1. The predicted octanol–water partition coefficient (Wildman–Crippen LogP) is 4.38. The average molecular weight is 554 g/mol. The number of nitrogens with one attached hydrogen (secondary N) is 1. The van der Waals surface area contributed by atoms with Crippen LogP contribution in [0.5, 0.6) is 0 Å². The van der Waals surface area contributed by atoms with Gasteiger partial charge in [-0.1, -0.05) is 29.0 Å². The molecule has 1 amide bonds. The molecule has 0 radical (unpaired) electrons. The first-order valence-corrected chi connectivity index (χ1v) is 14.1. The molecule has 1 aromatic heterocycles. The summed E-state index contributed by atoms with van der Waals surface area (Å²) in [6, 6.07) is 17.8. The van der Waals surface area contributed by atoms with Gasteiger partial charge in [0.15, 0.2) is 4.80 Å². The third-order valence-corrected chi connectivity index (χ3v) is 8.12. The van der Waals surface area contributed by atoms with E-state index in [1.807, 2.05) is 18.4 Å². The van der Waals surface area contributed by atoms with Gasteiger partial charge < -0.3 is 14.0 Å². The molecule has 0 aliphatic rings. The van der Waals surface area contributed by atoms with Gasteiger partial charge in [0.1, 0.15) is 0 Å². The SMILES string of the molecule is CCOCCn1c(=NC(=O)c2ccc(NS(=O)(=O)c3ccc(C)cc3)cc2)sc2cc(C(=O)OC)ccc21. The normalized spacial score (nSPS) is 12.0. The van der Waals surface area contributed by atoms with Crippen molar-refractivity contribution in [3.8, 4) is 0 Å². The summed E-state index contributed by atoms with van der Waals surface area (Å²) in [4.78, 5) is 29.9. The van der Waals surface area contributed by atoms with Crippen molar-refractivity contribution in [2.75, 3.05) is 25.0 Å². The van der Waals surface area contributed by atoms with E-state index in [0.717, 1.165) is 15.8 Å². The van der Waals surface area contributed by atoms with Crippen molar-refractivity contribution >= 4 is 49.1 Å². The van der Waals surface area contributed by atoms with E-state index >= 15 is 0 Å². The van der Waals surface area contributed by atoms with E-state index in [-0.39, 0.29) is 4.90 Å². The number of aromatic nitrogens is 1. The van der Waals surface area contributed by atoms with Crippen molar-refractivity contribution in [1.29, 1.82) is 0 Å². The molecule has 0 aliphatic carbocycles. The van der Waals surface area contributed by atoms with Crippen LogP contribution in [0, 0.1) is 6.92 Å². The van der Waals surface area contributed by atoms with Crippen LogP contribution >= 0.6 is 11.3 Å². The van der Waals surface area contributed by atoms with Crippen molar-refractivity contribution < 1.29 is 27.5 Å². The molecule has 0 unspecified atom stereocenters. The summed E-state index contributed by atoms with van der Waals surface area (Å²) in [6.45, 7) is 5.23. The standard InChI is InChI=1S/C27H27N3O6S2/c1-4-36-16-15-30-23-14-9-20(26(32)35-3)17-24(23)37-27(30)28-25(31)19-7-10-21(11-8-19)29-38(33,34)22-12-5-18(2)6-13-22/h5-14,17,29H,4,15-16H2,1-3H3. The second-order valence-electron chi connectivity index (χ2n) is 8.32. The number of amides is 1. The third kappa shape index (κ3) is 6.18. The molecule has 0 aliphatic heterocycles. The molecule has 38 heavy (non-hydrogen) atoms. The molecule has 4 rings (SSSR count). The van der Waals surface area contributed by atoms with E-state index in [4.69, 9.17) is 9.47 Å². The largest absolute Gasteiger partial charge is 0.465 e. The highest BCUT2D eigenvalue weighted by molar-refractivity contribution is 7.92. The second-order valence-corrected chi connectivity index (χ2v) is 11.0. The summed E-state index contributed by atoms with van der Waals surface area (Å²) in [7, 11) is -2.44. The fraction of sp³-hybridized carbons (Fsp3) is 0.222. The molecule has 4 aromatic rings. The number of nitrogens with zero attached hydrogens (tertiary/aromatic N) is 2. The van der Waals surface area contributed by atoms with Gasteiger partial charge in [-0.25, -0.2) is 13.2 Å². The van der Waals surface area contributed by atoms with Crippen LogP contribution in [0.2, 0.25) is 0 Å². The average Bonchev–Trinajstić information content (AvgIpc) is 3.24. The van der Waals surface area contributed by atoms with Gasteiger partial charge in [0.2, 0.25) is 0 Å². The van der Waals surface area contributed by atoms with Gasteiger partial charge in [0.25, 0.3) is 15.9 Å². The minimum absolute atomic E-state index is 0.148. The number of methoxy groups -OCH3 is 1. The maximum atomic E-state index is 13.0. The Kier molecular flexibility index (Phi) is 8.40. The zero-order chi connectivity index (χ0) is 27.3. The quantitative estimate of drug-likeness (QED) is 0.243. The maximum Gasteiger partial charge on any atom is 0.337 e. The van der Waals surface area contributed by atoms with Crippen LogP contribution in [-0.2, 0) is 26.0 Å². The van der Waals surface area contributed by atoms with Crippen molar-refractivity contribution in [2.45, 2.75) is 25.3 Å². The molecule has 9 nitrogen and oxygen atoms in total. The highest BCUT2D eigenvalue weighted by atomic mass is 32.2. The van der Waals surface area contributed by atoms with Crippen molar-refractivity contribution in [3.05, 3.63) is 88.2 Å². The monoisotopic (exact) mass is 553 g/mol. The molecule has 0 fully saturated rings. The highest BCUT2D eigenvalue weighted by Gasteiger charge is 2.15. The number of benzene rings is 3. The van der Waals surface area contributed by atoms with Crippen molar-refractivity contribution in [2.24, 2.45) is 4.99 Å². The number of carbonyl (C=O) groups excluding carboxylic acids is 2.